The zero-order chi connectivity index (χ0) is 18.6. The molecule has 0 unspecified atom stereocenters. The summed E-state index contributed by atoms with van der Waals surface area (Å²) >= 11 is 1.39. The molecule has 4 rings (SSSR count). The fourth-order valence-electron chi connectivity index (χ4n) is 3.14. The van der Waals surface area contributed by atoms with Crippen LogP contribution in [0, 0.1) is 6.92 Å². The Balaban J connectivity index is 1.47. The van der Waals surface area contributed by atoms with Gasteiger partial charge in [-0.2, -0.15) is 0 Å². The normalized spacial score (nSPS) is 14.2. The van der Waals surface area contributed by atoms with Gasteiger partial charge in [0.2, 0.25) is 5.95 Å². The highest BCUT2D eigenvalue weighted by Crippen LogP contribution is 2.28. The lowest BCUT2D eigenvalue weighted by molar-refractivity contribution is 0.102. The predicted octanol–water partition coefficient (Wildman–Crippen LogP) is 4.15. The standard InChI is InChI=1S/C20H21N5OS/c1-14-17(27-19(23-14)15-8-4-2-5-9-15)18(26)24-16-12-21-20(22-13-16)25-10-6-3-7-11-25/h2,4-5,8-9,12-13H,3,6-7,10-11H2,1H3,(H,24,26). The van der Waals surface area contributed by atoms with Gasteiger partial charge >= 0.3 is 0 Å². The molecule has 1 amide bonds. The maximum atomic E-state index is 12.7. The van der Waals surface area contributed by atoms with Gasteiger partial charge in [0.25, 0.3) is 5.91 Å². The highest BCUT2D eigenvalue weighted by molar-refractivity contribution is 7.17. The first kappa shape index (κ1) is 17.6. The third-order valence-electron chi connectivity index (χ3n) is 4.56. The summed E-state index contributed by atoms with van der Waals surface area (Å²) in [6.45, 7) is 3.84. The van der Waals surface area contributed by atoms with E-state index in [0.717, 1.165) is 35.3 Å². The molecule has 6 nitrogen and oxygen atoms in total. The zero-order valence-electron chi connectivity index (χ0n) is 15.2. The molecule has 2 aromatic heterocycles. The topological polar surface area (TPSA) is 71.0 Å². The van der Waals surface area contributed by atoms with Gasteiger partial charge in [0, 0.05) is 18.7 Å². The summed E-state index contributed by atoms with van der Waals surface area (Å²) < 4.78 is 0. The maximum Gasteiger partial charge on any atom is 0.267 e. The summed E-state index contributed by atoms with van der Waals surface area (Å²) in [7, 11) is 0. The quantitative estimate of drug-likeness (QED) is 0.737. The van der Waals surface area contributed by atoms with Crippen molar-refractivity contribution in [3.8, 4) is 10.6 Å². The molecule has 27 heavy (non-hydrogen) atoms. The Morgan fingerprint density at radius 3 is 2.48 bits per heavy atom. The van der Waals surface area contributed by atoms with E-state index in [1.165, 1.54) is 30.6 Å². The number of aromatic nitrogens is 3. The summed E-state index contributed by atoms with van der Waals surface area (Å²) in [5.74, 6) is 0.550. The number of nitrogens with zero attached hydrogens (tertiary/aromatic N) is 4. The van der Waals surface area contributed by atoms with E-state index in [-0.39, 0.29) is 5.91 Å². The van der Waals surface area contributed by atoms with Crippen molar-refractivity contribution in [2.24, 2.45) is 0 Å². The number of piperidine rings is 1. The maximum absolute atomic E-state index is 12.7. The van der Waals surface area contributed by atoms with Crippen LogP contribution in [0.5, 0.6) is 0 Å². The van der Waals surface area contributed by atoms with Crippen molar-refractivity contribution in [3.63, 3.8) is 0 Å². The van der Waals surface area contributed by atoms with Crippen LogP contribution in [0.15, 0.2) is 42.7 Å². The molecule has 0 spiro atoms. The van der Waals surface area contributed by atoms with Crippen molar-refractivity contribution < 1.29 is 4.79 Å². The molecule has 1 saturated heterocycles. The predicted molar refractivity (Wildman–Crippen MR) is 108 cm³/mol. The SMILES string of the molecule is Cc1nc(-c2ccccc2)sc1C(=O)Nc1cnc(N2CCCCC2)nc1. The van der Waals surface area contributed by atoms with Crippen LogP contribution >= 0.6 is 11.3 Å². The summed E-state index contributed by atoms with van der Waals surface area (Å²) in [6.07, 6.45) is 6.96. The highest BCUT2D eigenvalue weighted by atomic mass is 32.1. The minimum absolute atomic E-state index is 0.179. The second-order valence-corrected chi connectivity index (χ2v) is 7.57. The molecule has 1 N–H and O–H groups in total. The van der Waals surface area contributed by atoms with E-state index in [1.807, 2.05) is 37.3 Å². The van der Waals surface area contributed by atoms with Crippen LogP contribution in [0.4, 0.5) is 11.6 Å². The van der Waals surface area contributed by atoms with Crippen LogP contribution in [-0.4, -0.2) is 33.9 Å². The fourth-order valence-corrected chi connectivity index (χ4v) is 4.11. The second kappa shape index (κ2) is 7.84. The lowest BCUT2D eigenvalue weighted by Gasteiger charge is -2.26. The number of hydrogen-bond acceptors (Lipinski definition) is 6. The Morgan fingerprint density at radius 2 is 1.78 bits per heavy atom. The van der Waals surface area contributed by atoms with E-state index in [9.17, 15) is 4.79 Å². The van der Waals surface area contributed by atoms with Crippen molar-refractivity contribution in [2.45, 2.75) is 26.2 Å². The number of carbonyl (C=O) groups is 1. The number of anilines is 2. The van der Waals surface area contributed by atoms with Crippen molar-refractivity contribution in [1.82, 2.24) is 15.0 Å². The molecule has 138 valence electrons. The van der Waals surface area contributed by atoms with Gasteiger partial charge in [-0.05, 0) is 26.2 Å². The third kappa shape index (κ3) is 3.98. The average Bonchev–Trinajstić information content (AvgIpc) is 3.12. The first-order chi connectivity index (χ1) is 13.2. The molecule has 1 aliphatic heterocycles. The molecule has 7 heteroatoms. The number of amides is 1. The summed E-state index contributed by atoms with van der Waals surface area (Å²) in [5, 5.41) is 3.72. The largest absolute Gasteiger partial charge is 0.341 e. The summed E-state index contributed by atoms with van der Waals surface area (Å²) in [5.41, 5.74) is 2.33. The summed E-state index contributed by atoms with van der Waals surface area (Å²) in [4.78, 5) is 28.8. The lowest BCUT2D eigenvalue weighted by atomic mass is 10.1. The molecule has 1 aliphatic rings. The molecular weight excluding hydrogens is 358 g/mol. The van der Waals surface area contributed by atoms with Crippen LogP contribution in [0.2, 0.25) is 0 Å². The van der Waals surface area contributed by atoms with E-state index in [0.29, 0.717) is 10.6 Å². The van der Waals surface area contributed by atoms with Crippen molar-refractivity contribution in [1.29, 1.82) is 0 Å². The Labute approximate surface area is 162 Å². The van der Waals surface area contributed by atoms with E-state index >= 15 is 0 Å². The molecule has 0 atom stereocenters. The number of nitrogens with one attached hydrogen (secondary N) is 1. The van der Waals surface area contributed by atoms with Gasteiger partial charge in [0.15, 0.2) is 0 Å². The minimum Gasteiger partial charge on any atom is -0.341 e. The van der Waals surface area contributed by atoms with E-state index in [4.69, 9.17) is 0 Å². The van der Waals surface area contributed by atoms with E-state index in [2.05, 4.69) is 25.2 Å². The van der Waals surface area contributed by atoms with E-state index < -0.39 is 0 Å². The van der Waals surface area contributed by atoms with Crippen LogP contribution in [0.1, 0.15) is 34.6 Å². The number of hydrogen-bond donors (Lipinski definition) is 1. The molecule has 1 aromatic carbocycles. The van der Waals surface area contributed by atoms with Crippen molar-refractivity contribution in [3.05, 3.63) is 53.3 Å². The minimum atomic E-state index is -0.179. The van der Waals surface area contributed by atoms with Crippen molar-refractivity contribution in [2.75, 3.05) is 23.3 Å². The molecule has 0 radical (unpaired) electrons. The Hall–Kier alpha value is -2.80. The number of carbonyl (C=O) groups excluding carboxylic acids is 1. The fraction of sp³-hybridized carbons (Fsp3) is 0.300. The molecule has 3 heterocycles. The van der Waals surface area contributed by atoms with Crippen LogP contribution in [0.3, 0.4) is 0 Å². The van der Waals surface area contributed by atoms with E-state index in [1.54, 1.807) is 12.4 Å². The lowest BCUT2D eigenvalue weighted by Crippen LogP contribution is -2.30. The van der Waals surface area contributed by atoms with Gasteiger partial charge in [-0.3, -0.25) is 4.79 Å². The number of benzene rings is 1. The Kier molecular flexibility index (Phi) is 5.11. The number of rotatable bonds is 4. The Morgan fingerprint density at radius 1 is 1.07 bits per heavy atom. The van der Waals surface area contributed by atoms with Gasteiger partial charge in [-0.15, -0.1) is 11.3 Å². The highest BCUT2D eigenvalue weighted by Gasteiger charge is 2.17. The molecule has 1 fully saturated rings. The first-order valence-electron chi connectivity index (χ1n) is 9.12. The van der Waals surface area contributed by atoms with Crippen LogP contribution in [0.25, 0.3) is 10.6 Å². The molecular formula is C20H21N5OS. The monoisotopic (exact) mass is 379 g/mol. The smallest absolute Gasteiger partial charge is 0.267 e. The van der Waals surface area contributed by atoms with Crippen LogP contribution < -0.4 is 10.2 Å². The molecule has 0 aliphatic carbocycles. The average molecular weight is 379 g/mol. The van der Waals surface area contributed by atoms with Gasteiger partial charge in [-0.1, -0.05) is 30.3 Å². The van der Waals surface area contributed by atoms with Gasteiger partial charge in [-0.25, -0.2) is 15.0 Å². The molecule has 3 aromatic rings. The van der Waals surface area contributed by atoms with Gasteiger partial charge < -0.3 is 10.2 Å². The number of aryl methyl sites for hydroxylation is 1. The third-order valence-corrected chi connectivity index (χ3v) is 5.76. The van der Waals surface area contributed by atoms with Crippen LogP contribution in [-0.2, 0) is 0 Å². The Bertz CT molecular complexity index is 917. The van der Waals surface area contributed by atoms with Gasteiger partial charge in [0.1, 0.15) is 9.88 Å². The second-order valence-electron chi connectivity index (χ2n) is 6.57. The molecule has 0 bridgehead atoms. The van der Waals surface area contributed by atoms with Crippen molar-refractivity contribution >= 4 is 28.9 Å². The number of thiazole rings is 1. The first-order valence-corrected chi connectivity index (χ1v) is 9.93. The van der Waals surface area contributed by atoms with Gasteiger partial charge in [0.05, 0.1) is 23.8 Å². The summed E-state index contributed by atoms with van der Waals surface area (Å²) in [6, 6.07) is 9.88. The molecule has 0 saturated carbocycles. The zero-order valence-corrected chi connectivity index (χ0v) is 16.0.